The zero-order chi connectivity index (χ0) is 19.7. The molecule has 0 bridgehead atoms. The molecule has 0 fully saturated rings. The number of thiophene rings is 1. The molecule has 1 aliphatic heterocycles. The summed E-state index contributed by atoms with van der Waals surface area (Å²) in [5.74, 6) is 1.08. The summed E-state index contributed by atoms with van der Waals surface area (Å²) in [6, 6.07) is 11.1. The van der Waals surface area contributed by atoms with Crippen LogP contribution < -0.4 is 5.32 Å². The van der Waals surface area contributed by atoms with Crippen molar-refractivity contribution in [1.82, 2.24) is 4.90 Å². The van der Waals surface area contributed by atoms with E-state index in [9.17, 15) is 4.79 Å². The molecular formula is C24H30N2OS. The fourth-order valence-electron chi connectivity index (χ4n) is 4.67. The summed E-state index contributed by atoms with van der Waals surface area (Å²) in [6.07, 6.45) is 7.74. The highest BCUT2D eigenvalue weighted by atomic mass is 32.1. The van der Waals surface area contributed by atoms with Gasteiger partial charge in [-0.05, 0) is 68.0 Å². The van der Waals surface area contributed by atoms with Crippen molar-refractivity contribution in [3.8, 4) is 0 Å². The smallest absolute Gasteiger partial charge is 0.253 e. The van der Waals surface area contributed by atoms with Crippen molar-refractivity contribution in [2.45, 2.75) is 52.0 Å². The van der Waals surface area contributed by atoms with Crippen molar-refractivity contribution >= 4 is 22.9 Å². The summed E-state index contributed by atoms with van der Waals surface area (Å²) in [4.78, 5) is 17.9. The second kappa shape index (κ2) is 8.12. The van der Waals surface area contributed by atoms with Crippen molar-refractivity contribution in [3.63, 3.8) is 0 Å². The number of rotatable bonds is 6. The number of hydrogen-bond acceptors (Lipinski definition) is 3. The number of hydrogen-bond donors (Lipinski definition) is 1. The van der Waals surface area contributed by atoms with Crippen molar-refractivity contribution in [1.29, 1.82) is 0 Å². The Morgan fingerprint density at radius 3 is 2.64 bits per heavy atom. The molecular weight excluding hydrogens is 364 g/mol. The topological polar surface area (TPSA) is 32.3 Å². The van der Waals surface area contributed by atoms with Crippen LogP contribution in [-0.4, -0.2) is 23.9 Å². The van der Waals surface area contributed by atoms with Crippen LogP contribution in [0.5, 0.6) is 0 Å². The van der Waals surface area contributed by atoms with E-state index in [1.807, 2.05) is 22.3 Å². The van der Waals surface area contributed by atoms with Gasteiger partial charge in [0.2, 0.25) is 0 Å². The third kappa shape index (κ3) is 3.50. The molecule has 1 aromatic carbocycles. The van der Waals surface area contributed by atoms with E-state index >= 15 is 0 Å². The van der Waals surface area contributed by atoms with Gasteiger partial charge in [0.1, 0.15) is 0 Å². The highest BCUT2D eigenvalue weighted by Crippen LogP contribution is 2.50. The molecule has 3 atom stereocenters. The van der Waals surface area contributed by atoms with E-state index in [2.05, 4.69) is 62.5 Å². The van der Waals surface area contributed by atoms with Crippen LogP contribution in [0.4, 0.5) is 5.69 Å². The van der Waals surface area contributed by atoms with Crippen LogP contribution in [0.1, 0.15) is 70.7 Å². The molecule has 148 valence electrons. The highest BCUT2D eigenvalue weighted by Gasteiger charge is 2.38. The number of nitrogens with zero attached hydrogens (tertiary/aromatic N) is 1. The van der Waals surface area contributed by atoms with Crippen LogP contribution in [0.25, 0.3) is 0 Å². The second-order valence-electron chi connectivity index (χ2n) is 8.02. The fourth-order valence-corrected chi connectivity index (χ4v) is 5.67. The van der Waals surface area contributed by atoms with Gasteiger partial charge in [-0.25, -0.2) is 0 Å². The Morgan fingerprint density at radius 1 is 1.18 bits per heavy atom. The van der Waals surface area contributed by atoms with Crippen LogP contribution >= 0.6 is 11.3 Å². The first-order chi connectivity index (χ1) is 13.6. The highest BCUT2D eigenvalue weighted by molar-refractivity contribution is 7.12. The normalized spacial score (nSPS) is 22.5. The average Bonchev–Trinajstić information content (AvgIpc) is 3.35. The van der Waals surface area contributed by atoms with E-state index in [1.54, 1.807) is 0 Å². The number of nitrogens with one attached hydrogen (secondary N) is 1. The average molecular weight is 395 g/mol. The molecule has 0 spiro atoms. The van der Waals surface area contributed by atoms with E-state index in [1.165, 1.54) is 21.0 Å². The number of anilines is 1. The molecule has 1 aromatic heterocycles. The lowest BCUT2D eigenvalue weighted by Crippen LogP contribution is -2.33. The molecule has 1 N–H and O–H groups in total. The molecule has 4 rings (SSSR count). The standard InChI is InChI=1S/C24H30N2OS/c1-4-13-26(14-5-2)24(27)17-10-11-21-20(15-17)18-7-6-8-19(18)23(25-21)22-12-9-16(3)28-22/h6-7,9-12,15,18-19,23,25H,4-5,8,13-14H2,1-3H3. The number of benzene rings is 1. The molecule has 2 heterocycles. The third-order valence-electron chi connectivity index (χ3n) is 5.95. The number of carbonyl (C=O) groups excluding carboxylic acids is 1. The van der Waals surface area contributed by atoms with Gasteiger partial charge in [0.25, 0.3) is 5.91 Å². The Balaban J connectivity index is 1.65. The van der Waals surface area contributed by atoms with Crippen molar-refractivity contribution in [2.24, 2.45) is 5.92 Å². The van der Waals surface area contributed by atoms with Gasteiger partial charge < -0.3 is 10.2 Å². The van der Waals surface area contributed by atoms with E-state index in [4.69, 9.17) is 0 Å². The van der Waals surface area contributed by atoms with Crippen molar-refractivity contribution < 1.29 is 4.79 Å². The van der Waals surface area contributed by atoms with Gasteiger partial charge in [-0.1, -0.05) is 26.0 Å². The largest absolute Gasteiger partial charge is 0.377 e. The SMILES string of the molecule is CCCN(CCC)C(=O)c1ccc2c(c1)C1C=CCC1C(c1ccc(C)s1)N2. The van der Waals surface area contributed by atoms with Crippen LogP contribution in [-0.2, 0) is 0 Å². The lowest BCUT2D eigenvalue weighted by Gasteiger charge is -2.37. The first kappa shape index (κ1) is 19.3. The van der Waals surface area contributed by atoms with E-state index in [0.717, 1.165) is 37.9 Å². The first-order valence-corrected chi connectivity index (χ1v) is 11.4. The minimum absolute atomic E-state index is 0.168. The Bertz CT molecular complexity index is 878. The summed E-state index contributed by atoms with van der Waals surface area (Å²) in [5.41, 5.74) is 3.28. The summed E-state index contributed by atoms with van der Waals surface area (Å²) < 4.78 is 0. The minimum Gasteiger partial charge on any atom is -0.377 e. The summed E-state index contributed by atoms with van der Waals surface area (Å²) >= 11 is 1.89. The molecule has 4 heteroatoms. The predicted molar refractivity (Wildman–Crippen MR) is 118 cm³/mol. The Morgan fingerprint density at radius 2 is 1.96 bits per heavy atom. The maximum Gasteiger partial charge on any atom is 0.253 e. The van der Waals surface area contributed by atoms with Gasteiger partial charge in [-0.3, -0.25) is 4.79 Å². The van der Waals surface area contributed by atoms with Gasteiger partial charge in [-0.2, -0.15) is 0 Å². The summed E-state index contributed by atoms with van der Waals surface area (Å²) in [5, 5.41) is 3.79. The summed E-state index contributed by atoms with van der Waals surface area (Å²) in [7, 11) is 0. The molecule has 28 heavy (non-hydrogen) atoms. The number of amides is 1. The molecule has 2 aromatic rings. The summed E-state index contributed by atoms with van der Waals surface area (Å²) in [6.45, 7) is 8.09. The first-order valence-electron chi connectivity index (χ1n) is 10.5. The Hall–Kier alpha value is -2.07. The minimum atomic E-state index is 0.168. The molecule has 2 aliphatic rings. The van der Waals surface area contributed by atoms with Gasteiger partial charge in [0, 0.05) is 40.0 Å². The second-order valence-corrected chi connectivity index (χ2v) is 9.34. The zero-order valence-corrected chi connectivity index (χ0v) is 17.9. The molecule has 1 aliphatic carbocycles. The number of allylic oxidation sites excluding steroid dienone is 2. The third-order valence-corrected chi connectivity index (χ3v) is 7.04. The molecule has 3 nitrogen and oxygen atoms in total. The van der Waals surface area contributed by atoms with Gasteiger partial charge in [0.05, 0.1) is 6.04 Å². The number of aryl methyl sites for hydroxylation is 1. The van der Waals surface area contributed by atoms with Crippen LogP contribution in [0, 0.1) is 12.8 Å². The number of fused-ring (bicyclic) bond motifs is 3. The van der Waals surface area contributed by atoms with Crippen LogP contribution in [0.15, 0.2) is 42.5 Å². The molecule has 0 saturated heterocycles. The van der Waals surface area contributed by atoms with Gasteiger partial charge in [0.15, 0.2) is 0 Å². The molecule has 1 amide bonds. The quantitative estimate of drug-likeness (QED) is 0.596. The molecule has 0 radical (unpaired) electrons. The van der Waals surface area contributed by atoms with Crippen LogP contribution in [0.3, 0.4) is 0 Å². The van der Waals surface area contributed by atoms with E-state index < -0.39 is 0 Å². The molecule has 0 saturated carbocycles. The number of carbonyl (C=O) groups is 1. The Kier molecular flexibility index (Phi) is 5.58. The van der Waals surface area contributed by atoms with Crippen molar-refractivity contribution in [3.05, 3.63) is 63.4 Å². The van der Waals surface area contributed by atoms with E-state index in [-0.39, 0.29) is 5.91 Å². The Labute approximate surface area is 172 Å². The maximum absolute atomic E-state index is 13.1. The van der Waals surface area contributed by atoms with Crippen molar-refractivity contribution in [2.75, 3.05) is 18.4 Å². The lowest BCUT2D eigenvalue weighted by atomic mass is 9.78. The lowest BCUT2D eigenvalue weighted by molar-refractivity contribution is 0.0755. The zero-order valence-electron chi connectivity index (χ0n) is 17.1. The van der Waals surface area contributed by atoms with Gasteiger partial charge >= 0.3 is 0 Å². The molecule has 3 unspecified atom stereocenters. The van der Waals surface area contributed by atoms with Gasteiger partial charge in [-0.15, -0.1) is 11.3 Å². The predicted octanol–water partition coefficient (Wildman–Crippen LogP) is 6.15. The van der Waals surface area contributed by atoms with E-state index in [0.29, 0.717) is 17.9 Å². The monoisotopic (exact) mass is 394 g/mol. The van der Waals surface area contributed by atoms with Crippen LogP contribution in [0.2, 0.25) is 0 Å². The maximum atomic E-state index is 13.1. The fraction of sp³-hybridized carbons (Fsp3) is 0.458.